The van der Waals surface area contributed by atoms with Crippen LogP contribution >= 0.6 is 15.9 Å². The van der Waals surface area contributed by atoms with E-state index in [0.717, 1.165) is 16.5 Å². The molecule has 3 aromatic rings. The number of hydrogen-bond donors (Lipinski definition) is 2. The third-order valence-corrected chi connectivity index (χ3v) is 3.60. The maximum absolute atomic E-state index is 11.7. The molecule has 2 aromatic carbocycles. The number of anilines is 1. The van der Waals surface area contributed by atoms with Crippen LogP contribution in [0.2, 0.25) is 0 Å². The van der Waals surface area contributed by atoms with Crippen molar-refractivity contribution in [2.24, 2.45) is 5.10 Å². The molecular weight excluding hydrogens is 358 g/mol. The van der Waals surface area contributed by atoms with Crippen LogP contribution in [0.15, 0.2) is 68.8 Å². The maximum atomic E-state index is 11.7. The van der Waals surface area contributed by atoms with E-state index in [2.05, 4.69) is 31.8 Å². The van der Waals surface area contributed by atoms with Gasteiger partial charge in [-0.3, -0.25) is 4.79 Å². The van der Waals surface area contributed by atoms with Crippen LogP contribution in [0.4, 0.5) is 5.69 Å². The molecular formula is C17H14BrN3O2. The van der Waals surface area contributed by atoms with E-state index in [4.69, 9.17) is 4.42 Å². The second-order valence-corrected chi connectivity index (χ2v) is 5.63. The summed E-state index contributed by atoms with van der Waals surface area (Å²) in [7, 11) is 0. The highest BCUT2D eigenvalue weighted by Gasteiger charge is 2.01. The number of rotatable bonds is 5. The van der Waals surface area contributed by atoms with Crippen LogP contribution in [0.5, 0.6) is 0 Å². The van der Waals surface area contributed by atoms with Crippen LogP contribution < -0.4 is 10.7 Å². The molecule has 0 aliphatic rings. The largest absolute Gasteiger partial charge is 0.448 e. The average Bonchev–Trinajstić information content (AvgIpc) is 2.98. The van der Waals surface area contributed by atoms with E-state index in [0.29, 0.717) is 10.4 Å². The number of fused-ring (bicyclic) bond motifs is 1. The van der Waals surface area contributed by atoms with E-state index in [9.17, 15) is 4.79 Å². The molecule has 2 N–H and O–H groups in total. The minimum Gasteiger partial charge on any atom is -0.448 e. The molecule has 116 valence electrons. The Hall–Kier alpha value is -2.60. The topological polar surface area (TPSA) is 66.6 Å². The molecule has 1 aromatic heterocycles. The smallest absolute Gasteiger partial charge is 0.259 e. The Morgan fingerprint density at radius 2 is 1.96 bits per heavy atom. The van der Waals surface area contributed by atoms with Gasteiger partial charge in [-0.1, -0.05) is 30.3 Å². The van der Waals surface area contributed by atoms with Gasteiger partial charge in [0.1, 0.15) is 5.76 Å². The third kappa shape index (κ3) is 4.20. The third-order valence-electron chi connectivity index (χ3n) is 3.18. The standard InChI is InChI=1S/C17H14BrN3O2/c18-16-8-7-15(23-16)10-20-21-17(22)11-19-14-6-5-12-3-1-2-4-13(12)9-14/h1-10,19H,11H2,(H,21,22)/b20-10-. The predicted molar refractivity (Wildman–Crippen MR) is 94.6 cm³/mol. The molecule has 3 rings (SSSR count). The zero-order valence-corrected chi connectivity index (χ0v) is 13.7. The summed E-state index contributed by atoms with van der Waals surface area (Å²) in [5.74, 6) is 0.319. The molecule has 1 heterocycles. The van der Waals surface area contributed by atoms with E-state index in [-0.39, 0.29) is 12.5 Å². The molecule has 0 saturated heterocycles. The number of carbonyl (C=O) groups is 1. The number of halogens is 1. The van der Waals surface area contributed by atoms with Gasteiger partial charge in [0.2, 0.25) is 0 Å². The first-order valence-electron chi connectivity index (χ1n) is 7.01. The summed E-state index contributed by atoms with van der Waals surface area (Å²) in [6.07, 6.45) is 1.44. The van der Waals surface area contributed by atoms with Crippen molar-refractivity contribution in [2.75, 3.05) is 11.9 Å². The lowest BCUT2D eigenvalue weighted by Crippen LogP contribution is -2.25. The molecule has 0 saturated carbocycles. The summed E-state index contributed by atoms with van der Waals surface area (Å²) in [4.78, 5) is 11.7. The lowest BCUT2D eigenvalue weighted by molar-refractivity contribution is -0.119. The first-order chi connectivity index (χ1) is 11.2. The van der Waals surface area contributed by atoms with Crippen LogP contribution in [0.3, 0.4) is 0 Å². The number of furan rings is 1. The highest BCUT2D eigenvalue weighted by atomic mass is 79.9. The highest BCUT2D eigenvalue weighted by Crippen LogP contribution is 2.18. The summed E-state index contributed by atoms with van der Waals surface area (Å²) in [5.41, 5.74) is 3.33. The fourth-order valence-electron chi connectivity index (χ4n) is 2.09. The van der Waals surface area contributed by atoms with E-state index in [1.807, 2.05) is 42.5 Å². The molecule has 5 nitrogen and oxygen atoms in total. The lowest BCUT2D eigenvalue weighted by Gasteiger charge is -2.06. The Labute approximate surface area is 141 Å². The zero-order valence-electron chi connectivity index (χ0n) is 12.1. The van der Waals surface area contributed by atoms with Gasteiger partial charge in [-0.05, 0) is 51.0 Å². The molecule has 23 heavy (non-hydrogen) atoms. The first kappa shape index (κ1) is 15.3. The maximum Gasteiger partial charge on any atom is 0.259 e. The number of benzene rings is 2. The molecule has 6 heteroatoms. The fourth-order valence-corrected chi connectivity index (χ4v) is 2.41. The molecule has 0 bridgehead atoms. The van der Waals surface area contributed by atoms with Crippen LogP contribution in [-0.4, -0.2) is 18.7 Å². The number of nitrogens with one attached hydrogen (secondary N) is 2. The normalized spacial score (nSPS) is 11.0. The van der Waals surface area contributed by atoms with Gasteiger partial charge in [-0.2, -0.15) is 5.10 Å². The highest BCUT2D eigenvalue weighted by molar-refractivity contribution is 9.10. The Balaban J connectivity index is 1.52. The van der Waals surface area contributed by atoms with Crippen LogP contribution in [0.1, 0.15) is 5.76 Å². The van der Waals surface area contributed by atoms with Crippen molar-refractivity contribution in [1.29, 1.82) is 0 Å². The van der Waals surface area contributed by atoms with Crippen molar-refractivity contribution in [1.82, 2.24) is 5.43 Å². The van der Waals surface area contributed by atoms with Crippen molar-refractivity contribution < 1.29 is 9.21 Å². The number of hydrogen-bond acceptors (Lipinski definition) is 4. The lowest BCUT2D eigenvalue weighted by atomic mass is 10.1. The number of amides is 1. The SMILES string of the molecule is O=C(CNc1ccc2ccccc2c1)N/N=C\c1ccc(Br)o1. The number of carbonyl (C=O) groups excluding carboxylic acids is 1. The number of hydrazone groups is 1. The van der Waals surface area contributed by atoms with Gasteiger partial charge >= 0.3 is 0 Å². The van der Waals surface area contributed by atoms with Crippen LogP contribution in [-0.2, 0) is 4.79 Å². The van der Waals surface area contributed by atoms with Gasteiger partial charge in [-0.25, -0.2) is 5.43 Å². The van der Waals surface area contributed by atoms with E-state index < -0.39 is 0 Å². The zero-order chi connectivity index (χ0) is 16.1. The van der Waals surface area contributed by atoms with Crippen LogP contribution in [0, 0.1) is 0 Å². The summed E-state index contributed by atoms with van der Waals surface area (Å²) in [6, 6.07) is 17.5. The van der Waals surface area contributed by atoms with Crippen molar-refractivity contribution >= 4 is 44.5 Å². The molecule has 0 fully saturated rings. The monoisotopic (exact) mass is 371 g/mol. The first-order valence-corrected chi connectivity index (χ1v) is 7.80. The van der Waals surface area contributed by atoms with E-state index in [1.54, 1.807) is 12.1 Å². The Morgan fingerprint density at radius 1 is 1.13 bits per heavy atom. The molecule has 1 amide bonds. The Kier molecular flexibility index (Phi) is 4.73. The summed E-state index contributed by atoms with van der Waals surface area (Å²) in [5, 5.41) is 9.20. The molecule has 0 spiro atoms. The van der Waals surface area contributed by atoms with Crippen molar-refractivity contribution in [2.45, 2.75) is 0 Å². The van der Waals surface area contributed by atoms with Gasteiger partial charge in [0, 0.05) is 5.69 Å². The van der Waals surface area contributed by atoms with E-state index >= 15 is 0 Å². The predicted octanol–water partition coefficient (Wildman–Crippen LogP) is 3.76. The molecule has 0 aliphatic carbocycles. The minimum atomic E-state index is -0.236. The fraction of sp³-hybridized carbons (Fsp3) is 0.0588. The molecule has 0 unspecified atom stereocenters. The van der Waals surface area contributed by atoms with Gasteiger partial charge in [-0.15, -0.1) is 0 Å². The summed E-state index contributed by atoms with van der Waals surface area (Å²) in [6.45, 7) is 0.136. The van der Waals surface area contributed by atoms with Crippen molar-refractivity contribution in [3.8, 4) is 0 Å². The average molecular weight is 372 g/mol. The summed E-state index contributed by atoms with van der Waals surface area (Å²) >= 11 is 3.20. The summed E-state index contributed by atoms with van der Waals surface area (Å²) < 4.78 is 5.85. The molecule has 0 aliphatic heterocycles. The van der Waals surface area contributed by atoms with Gasteiger partial charge in [0.05, 0.1) is 12.8 Å². The van der Waals surface area contributed by atoms with Gasteiger partial charge in [0.15, 0.2) is 4.67 Å². The van der Waals surface area contributed by atoms with Crippen molar-refractivity contribution in [3.63, 3.8) is 0 Å². The second-order valence-electron chi connectivity index (χ2n) is 4.85. The second kappa shape index (κ2) is 7.11. The number of nitrogens with zero attached hydrogens (tertiary/aromatic N) is 1. The molecule has 0 atom stereocenters. The Bertz CT molecular complexity index is 858. The molecule has 0 radical (unpaired) electrons. The minimum absolute atomic E-state index is 0.136. The van der Waals surface area contributed by atoms with Crippen molar-refractivity contribution in [3.05, 3.63) is 65.0 Å². The van der Waals surface area contributed by atoms with Gasteiger partial charge < -0.3 is 9.73 Å². The van der Waals surface area contributed by atoms with E-state index in [1.165, 1.54) is 6.21 Å². The van der Waals surface area contributed by atoms with Crippen LogP contribution in [0.25, 0.3) is 10.8 Å². The van der Waals surface area contributed by atoms with Gasteiger partial charge in [0.25, 0.3) is 5.91 Å². The quantitative estimate of drug-likeness (QED) is 0.530. The Morgan fingerprint density at radius 3 is 2.74 bits per heavy atom.